The lowest BCUT2D eigenvalue weighted by Crippen LogP contribution is -2.61. The molecule has 0 aromatic heterocycles. The molecule has 19 atom stereocenters. The number of amides is 1. The number of methoxy groups -OCH3 is 1. The standard InChI is InChI=1S/C65H100BrN3O14P2/c1-15-53-65(10,76)59(83-62(74)67-35-27-16-17-28-36-84(66)85(48-29-21-18-22-30-48,49-31-23-19-24-32-49)50-33-25-20-26-34-50)46(6)69(13)41-42(2)39-63(8,75)58(82-61-51(38-54(70)71)52(68(11)12)37-43(3)78-61)44(4)56(45(5)60(73)80-53)81-55-40-64(9,77-14)57(72)47(7)79-55/h18-26,29-34,42-47,51-53,55-59,61,72,75-76H,15-17,27-28,35-41H2,1-14H3,(H-,67,70,71,74)/p+1/t42-,43-,44+,45+,46-,47+,51-,52+,53-,55+,56+,57+,58-,59-,61+,63-,64-,65-,84?/m1/s1. The number of esters is 1. The van der Waals surface area contributed by atoms with E-state index in [1.54, 1.807) is 34.6 Å². The van der Waals surface area contributed by atoms with E-state index in [2.05, 4.69) is 112 Å². The predicted octanol–water partition coefficient (Wildman–Crippen LogP) is 9.63. The van der Waals surface area contributed by atoms with E-state index in [4.69, 9.17) is 33.2 Å². The molecule has 20 heteroatoms. The van der Waals surface area contributed by atoms with Crippen molar-refractivity contribution in [2.24, 2.45) is 23.7 Å². The van der Waals surface area contributed by atoms with Crippen molar-refractivity contribution in [3.05, 3.63) is 91.0 Å². The zero-order valence-corrected chi connectivity index (χ0v) is 56.2. The van der Waals surface area contributed by atoms with Crippen LogP contribution in [0.3, 0.4) is 0 Å². The van der Waals surface area contributed by atoms with Gasteiger partial charge in [0, 0.05) is 56.7 Å². The topological polar surface area (TPSA) is 215 Å². The van der Waals surface area contributed by atoms with Crippen molar-refractivity contribution >= 4 is 62.7 Å². The summed E-state index contributed by atoms with van der Waals surface area (Å²) in [7, 11) is 7.16. The van der Waals surface area contributed by atoms with E-state index in [-0.39, 0.29) is 43.7 Å². The molecule has 0 saturated carbocycles. The van der Waals surface area contributed by atoms with Crippen molar-refractivity contribution in [1.82, 2.24) is 15.1 Å². The molecule has 3 aliphatic heterocycles. The van der Waals surface area contributed by atoms with E-state index in [0.717, 1.165) is 25.4 Å². The Morgan fingerprint density at radius 3 is 1.93 bits per heavy atom. The molecule has 5 N–H and O–H groups in total. The van der Waals surface area contributed by atoms with E-state index in [9.17, 15) is 30.0 Å². The van der Waals surface area contributed by atoms with Crippen molar-refractivity contribution < 1.29 is 68.0 Å². The zero-order valence-electron chi connectivity index (χ0n) is 52.8. The van der Waals surface area contributed by atoms with Crippen LogP contribution in [0.15, 0.2) is 91.0 Å². The molecule has 6 rings (SSSR count). The van der Waals surface area contributed by atoms with E-state index in [1.165, 1.54) is 29.9 Å². The third kappa shape index (κ3) is 17.4. The Balaban J connectivity index is 1.23. The highest BCUT2D eigenvalue weighted by Crippen LogP contribution is 2.85. The Hall–Kier alpha value is -3.19. The number of halogens is 1. The highest BCUT2D eigenvalue weighted by atomic mass is 79.9. The normalized spacial score (nSPS) is 35.2. The van der Waals surface area contributed by atoms with Gasteiger partial charge in [-0.15, -0.1) is 0 Å². The Morgan fingerprint density at radius 1 is 0.835 bits per heavy atom. The molecule has 3 aromatic carbocycles. The molecule has 3 fully saturated rings. The van der Waals surface area contributed by atoms with Crippen molar-refractivity contribution in [2.45, 2.75) is 211 Å². The fourth-order valence-corrected chi connectivity index (χ4v) is 28.2. The smallest absolute Gasteiger partial charge is 0.407 e. The van der Waals surface area contributed by atoms with Crippen LogP contribution in [0, 0.1) is 23.7 Å². The summed E-state index contributed by atoms with van der Waals surface area (Å²) in [6.45, 7) is 16.3. The molecule has 1 unspecified atom stereocenters. The summed E-state index contributed by atoms with van der Waals surface area (Å²) in [5, 5.41) is 54.4. The maximum absolute atomic E-state index is 15.0. The number of carbonyl (C=O) groups is 3. The van der Waals surface area contributed by atoms with Gasteiger partial charge in [-0.25, -0.2) is 4.79 Å². The van der Waals surface area contributed by atoms with Crippen molar-refractivity contribution in [3.8, 4) is 0 Å². The number of carboxylic acid groups (broad SMARTS) is 1. The molecule has 85 heavy (non-hydrogen) atoms. The molecule has 0 bridgehead atoms. The number of carbonyl (C=O) groups excluding carboxylic acids is 2. The van der Waals surface area contributed by atoms with Crippen LogP contribution < -0.4 is 21.2 Å². The number of aliphatic hydroxyl groups excluding tert-OH is 1. The number of benzene rings is 3. The van der Waals surface area contributed by atoms with Crippen LogP contribution >= 0.6 is 28.8 Å². The van der Waals surface area contributed by atoms with Crippen LogP contribution in [0.2, 0.25) is 0 Å². The van der Waals surface area contributed by atoms with Gasteiger partial charge in [0.1, 0.15) is 47.0 Å². The van der Waals surface area contributed by atoms with E-state index in [1.807, 2.05) is 58.6 Å². The molecule has 476 valence electrons. The van der Waals surface area contributed by atoms with Crippen LogP contribution in [0.5, 0.6) is 0 Å². The Labute approximate surface area is 516 Å². The first-order valence-corrected chi connectivity index (χ1v) is 36.7. The molecule has 3 aliphatic rings. The van der Waals surface area contributed by atoms with Gasteiger partial charge in [0.15, 0.2) is 18.7 Å². The van der Waals surface area contributed by atoms with Gasteiger partial charge in [0.2, 0.25) is 0 Å². The van der Waals surface area contributed by atoms with Crippen LogP contribution in [-0.4, -0.2) is 180 Å². The summed E-state index contributed by atoms with van der Waals surface area (Å²) in [5.74, 6) is -4.65. The molecule has 1 amide bonds. The molecule has 0 spiro atoms. The molecule has 17 nitrogen and oxygen atoms in total. The monoisotopic (exact) mass is 1290 g/mol. The number of rotatable bonds is 21. The zero-order chi connectivity index (χ0) is 62.6. The molecule has 3 heterocycles. The summed E-state index contributed by atoms with van der Waals surface area (Å²) in [6, 6.07) is 31.8. The minimum Gasteiger partial charge on any atom is -0.481 e. The lowest BCUT2D eigenvalue weighted by Gasteiger charge is -2.49. The van der Waals surface area contributed by atoms with Gasteiger partial charge < -0.3 is 63.8 Å². The average Bonchev–Trinajstić information content (AvgIpc) is 1.74. The number of ether oxygens (including phenoxy) is 7. The van der Waals surface area contributed by atoms with Gasteiger partial charge in [0.25, 0.3) is 0 Å². The molecular weight excluding hydrogens is 1190 g/mol. The number of cyclic esters (lactones) is 1. The second-order valence-electron chi connectivity index (χ2n) is 25.4. The predicted molar refractivity (Wildman–Crippen MR) is 341 cm³/mol. The third-order valence-electron chi connectivity index (χ3n) is 18.2. The van der Waals surface area contributed by atoms with Gasteiger partial charge in [-0.2, -0.15) is 0 Å². The second kappa shape index (κ2) is 31.5. The molecule has 0 aliphatic carbocycles. The number of hydrogen-bond donors (Lipinski definition) is 5. The summed E-state index contributed by atoms with van der Waals surface area (Å²) >= 11 is 4.34. The maximum atomic E-state index is 15.0. The van der Waals surface area contributed by atoms with Crippen LogP contribution in [-0.2, 0) is 42.7 Å². The Bertz CT molecular complexity index is 2450. The molecule has 3 aromatic rings. The lowest BCUT2D eigenvalue weighted by atomic mass is 9.77. The number of aliphatic carboxylic acids is 1. The van der Waals surface area contributed by atoms with Crippen LogP contribution in [0.25, 0.3) is 0 Å². The SMILES string of the molecule is CC[C@H]1OC(=O)[C@@H](C)[C@@H](O[C@H]2C[C@@](C)(OC)[C@@H](O)[C@H](C)O2)[C@H](C)[C@@H](O[C@@H]2O[C@H](C)C[C@H](N(C)C)[C@H]2CC(=O)O)[C@](C)(O)C[C@@H](C)CN(C)[C@H](C)[C@@H](OC(=O)NCCCCCCP(Br)[P+](c2ccccc2)(c2ccccc2)c2ccccc2)[C@]1(C)O. The number of aliphatic hydroxyl groups is 3. The van der Waals surface area contributed by atoms with E-state index >= 15 is 4.79 Å². The van der Waals surface area contributed by atoms with Gasteiger partial charge in [0.05, 0.1) is 48.0 Å². The minimum atomic E-state index is -2.04. The van der Waals surface area contributed by atoms with E-state index < -0.39 is 121 Å². The molecule has 0 radical (unpaired) electrons. The number of likely N-dealkylation sites (N-methyl/N-ethyl adjacent to an activating group) is 1. The summed E-state index contributed by atoms with van der Waals surface area (Å²) in [6.07, 6.45) is -5.06. The Morgan fingerprint density at radius 2 is 1.40 bits per heavy atom. The van der Waals surface area contributed by atoms with Gasteiger partial charge >= 0.3 is 18.0 Å². The summed E-state index contributed by atoms with van der Waals surface area (Å²) in [5.41, 5.74) is -4.71. The average molecular weight is 1290 g/mol. The molecule has 3 saturated heterocycles. The quantitative estimate of drug-likeness (QED) is 0.0381. The highest BCUT2D eigenvalue weighted by Gasteiger charge is 2.55. The first-order chi connectivity index (χ1) is 40.1. The maximum Gasteiger partial charge on any atom is 0.407 e. The fourth-order valence-electron chi connectivity index (χ4n) is 13.5. The van der Waals surface area contributed by atoms with Gasteiger partial charge in [-0.1, -0.05) is 88.2 Å². The van der Waals surface area contributed by atoms with E-state index in [0.29, 0.717) is 25.9 Å². The number of hydrogen-bond acceptors (Lipinski definition) is 15. The number of nitrogens with zero attached hydrogens (tertiary/aromatic N) is 2. The number of unbranched alkanes of at least 4 members (excludes halogenated alkanes) is 3. The number of nitrogens with one attached hydrogen (secondary N) is 1. The highest BCUT2D eigenvalue weighted by molar-refractivity contribution is 9.46. The van der Waals surface area contributed by atoms with Gasteiger partial charge in [-0.05, 0) is 160 Å². The first kappa shape index (κ1) is 70.9. The van der Waals surface area contributed by atoms with Crippen molar-refractivity contribution in [2.75, 3.05) is 47.5 Å². The number of carboxylic acids is 1. The van der Waals surface area contributed by atoms with Crippen LogP contribution in [0.4, 0.5) is 4.79 Å². The summed E-state index contributed by atoms with van der Waals surface area (Å²) < 4.78 is 45.3. The van der Waals surface area contributed by atoms with Crippen molar-refractivity contribution in [3.63, 3.8) is 0 Å². The lowest BCUT2D eigenvalue weighted by molar-refractivity contribution is -0.313. The van der Waals surface area contributed by atoms with Gasteiger partial charge in [-0.3, -0.25) is 14.5 Å². The van der Waals surface area contributed by atoms with Crippen LogP contribution in [0.1, 0.15) is 127 Å². The first-order valence-electron chi connectivity index (χ1n) is 30.7. The Kier molecular flexibility index (Phi) is 26.3. The fraction of sp³-hybridized carbons (Fsp3) is 0.677. The largest absolute Gasteiger partial charge is 0.481 e. The summed E-state index contributed by atoms with van der Waals surface area (Å²) in [4.78, 5) is 45.5. The third-order valence-corrected chi connectivity index (χ3v) is 32.7. The molecular formula is C65H101BrN3O14P2+. The van der Waals surface area contributed by atoms with Crippen molar-refractivity contribution in [1.29, 1.82) is 0 Å². The second-order valence-corrected chi connectivity index (χ2v) is 36.8. The minimum absolute atomic E-state index is 0.0738. The number of alkyl carbamates (subject to hydrolysis) is 1.